The summed E-state index contributed by atoms with van der Waals surface area (Å²) in [6, 6.07) is 7.71. The second-order valence-electron chi connectivity index (χ2n) is 4.01. The highest BCUT2D eigenvalue weighted by Crippen LogP contribution is 2.19. The van der Waals surface area contributed by atoms with E-state index in [9.17, 15) is 4.79 Å². The molecule has 0 saturated carbocycles. The van der Waals surface area contributed by atoms with Gasteiger partial charge < -0.3 is 5.32 Å². The second-order valence-corrected chi connectivity index (χ2v) is 4.57. The molecule has 0 bridgehead atoms. The molecule has 2 aromatic rings. The molecule has 94 valence electrons. The van der Waals surface area contributed by atoms with Crippen LogP contribution in [0, 0.1) is 6.92 Å². The van der Waals surface area contributed by atoms with Crippen LogP contribution in [0.4, 0.5) is 5.69 Å². The molecule has 18 heavy (non-hydrogen) atoms. The zero-order valence-electron chi connectivity index (χ0n) is 10.3. The molecule has 1 N–H and O–H groups in total. The van der Waals surface area contributed by atoms with Gasteiger partial charge in [-0.15, -0.1) is 0 Å². The van der Waals surface area contributed by atoms with Gasteiger partial charge in [0.25, 0.3) is 5.91 Å². The first-order valence-electron chi connectivity index (χ1n) is 5.57. The zero-order chi connectivity index (χ0) is 13.1. The minimum absolute atomic E-state index is 0.131. The van der Waals surface area contributed by atoms with E-state index >= 15 is 0 Å². The third-order valence-electron chi connectivity index (χ3n) is 2.89. The molecule has 0 saturated heterocycles. The molecular formula is C13H14BrN3O. The SMILES string of the molecule is Cc1c(C(=O)Nc2ccccc2CBr)cnn1C. The zero-order valence-corrected chi connectivity index (χ0v) is 11.9. The van der Waals surface area contributed by atoms with E-state index in [1.807, 2.05) is 38.2 Å². The first-order valence-corrected chi connectivity index (χ1v) is 6.69. The van der Waals surface area contributed by atoms with Gasteiger partial charge in [-0.1, -0.05) is 34.1 Å². The summed E-state index contributed by atoms with van der Waals surface area (Å²) >= 11 is 3.41. The third kappa shape index (κ3) is 2.46. The summed E-state index contributed by atoms with van der Waals surface area (Å²) < 4.78 is 1.69. The topological polar surface area (TPSA) is 46.9 Å². The van der Waals surface area contributed by atoms with E-state index in [0.717, 1.165) is 16.9 Å². The number of halogens is 1. The van der Waals surface area contributed by atoms with Crippen molar-refractivity contribution in [3.05, 3.63) is 47.3 Å². The fraction of sp³-hybridized carbons (Fsp3) is 0.231. The molecule has 1 amide bonds. The van der Waals surface area contributed by atoms with Gasteiger partial charge in [-0.2, -0.15) is 5.10 Å². The summed E-state index contributed by atoms with van der Waals surface area (Å²) in [5.74, 6) is -0.131. The summed E-state index contributed by atoms with van der Waals surface area (Å²) in [4.78, 5) is 12.1. The number of benzene rings is 1. The van der Waals surface area contributed by atoms with Gasteiger partial charge in [0.15, 0.2) is 0 Å². The van der Waals surface area contributed by atoms with E-state index < -0.39 is 0 Å². The van der Waals surface area contributed by atoms with Crippen LogP contribution in [0.2, 0.25) is 0 Å². The maximum Gasteiger partial charge on any atom is 0.259 e. The third-order valence-corrected chi connectivity index (χ3v) is 3.49. The minimum atomic E-state index is -0.131. The van der Waals surface area contributed by atoms with E-state index in [-0.39, 0.29) is 5.91 Å². The first-order chi connectivity index (χ1) is 8.63. The number of nitrogens with one attached hydrogen (secondary N) is 1. The Bertz CT molecular complexity index is 577. The lowest BCUT2D eigenvalue weighted by Gasteiger charge is -2.08. The molecule has 0 aliphatic rings. The van der Waals surface area contributed by atoms with Gasteiger partial charge in [-0.3, -0.25) is 9.48 Å². The van der Waals surface area contributed by atoms with E-state index in [4.69, 9.17) is 0 Å². The summed E-state index contributed by atoms with van der Waals surface area (Å²) in [5.41, 5.74) is 3.32. The molecule has 0 atom stereocenters. The minimum Gasteiger partial charge on any atom is -0.322 e. The van der Waals surface area contributed by atoms with E-state index in [2.05, 4.69) is 26.3 Å². The lowest BCUT2D eigenvalue weighted by Crippen LogP contribution is -2.14. The van der Waals surface area contributed by atoms with Gasteiger partial charge in [0, 0.05) is 23.8 Å². The summed E-state index contributed by atoms with van der Waals surface area (Å²) in [7, 11) is 1.82. The van der Waals surface area contributed by atoms with Crippen molar-refractivity contribution >= 4 is 27.5 Å². The molecule has 0 aliphatic heterocycles. The van der Waals surface area contributed by atoms with Crippen molar-refractivity contribution in [1.82, 2.24) is 9.78 Å². The molecular weight excluding hydrogens is 294 g/mol. The molecule has 1 heterocycles. The Morgan fingerprint density at radius 1 is 1.44 bits per heavy atom. The van der Waals surface area contributed by atoms with Crippen LogP contribution in [0.3, 0.4) is 0 Å². The van der Waals surface area contributed by atoms with Crippen molar-refractivity contribution in [2.45, 2.75) is 12.3 Å². The number of nitrogens with zero attached hydrogens (tertiary/aromatic N) is 2. The molecule has 0 unspecified atom stereocenters. The van der Waals surface area contributed by atoms with Crippen LogP contribution in [0.5, 0.6) is 0 Å². The number of aromatic nitrogens is 2. The number of carbonyl (C=O) groups is 1. The van der Waals surface area contributed by atoms with Crippen LogP contribution in [0.25, 0.3) is 0 Å². The number of hydrogen-bond acceptors (Lipinski definition) is 2. The number of amides is 1. The number of para-hydroxylation sites is 1. The summed E-state index contributed by atoms with van der Waals surface area (Å²) in [6.45, 7) is 1.87. The van der Waals surface area contributed by atoms with Crippen molar-refractivity contribution in [3.8, 4) is 0 Å². The van der Waals surface area contributed by atoms with Crippen molar-refractivity contribution in [3.63, 3.8) is 0 Å². The highest BCUT2D eigenvalue weighted by molar-refractivity contribution is 9.08. The van der Waals surface area contributed by atoms with E-state index in [1.54, 1.807) is 10.9 Å². The molecule has 0 spiro atoms. The number of alkyl halides is 1. The van der Waals surface area contributed by atoms with Gasteiger partial charge >= 0.3 is 0 Å². The van der Waals surface area contributed by atoms with Gasteiger partial charge in [-0.25, -0.2) is 0 Å². The fourth-order valence-corrected chi connectivity index (χ4v) is 2.16. The maximum absolute atomic E-state index is 12.1. The van der Waals surface area contributed by atoms with Gasteiger partial charge in [0.1, 0.15) is 0 Å². The highest BCUT2D eigenvalue weighted by Gasteiger charge is 2.13. The lowest BCUT2D eigenvalue weighted by molar-refractivity contribution is 0.102. The Morgan fingerprint density at radius 3 is 2.78 bits per heavy atom. The Hall–Kier alpha value is -1.62. The normalized spacial score (nSPS) is 10.4. The first kappa shape index (κ1) is 12.8. The Balaban J connectivity index is 2.24. The number of hydrogen-bond donors (Lipinski definition) is 1. The summed E-state index contributed by atoms with van der Waals surface area (Å²) in [6.07, 6.45) is 1.58. The fourth-order valence-electron chi connectivity index (χ4n) is 1.67. The monoisotopic (exact) mass is 307 g/mol. The second kappa shape index (κ2) is 5.35. The standard InChI is InChI=1S/C13H14BrN3O/c1-9-11(8-15-17(9)2)13(18)16-12-6-4-3-5-10(12)7-14/h3-6,8H,7H2,1-2H3,(H,16,18). The largest absolute Gasteiger partial charge is 0.322 e. The predicted molar refractivity (Wildman–Crippen MR) is 75.0 cm³/mol. The lowest BCUT2D eigenvalue weighted by atomic mass is 10.2. The molecule has 0 aliphatic carbocycles. The molecule has 0 fully saturated rings. The Kier molecular flexibility index (Phi) is 3.81. The van der Waals surface area contributed by atoms with E-state index in [0.29, 0.717) is 10.9 Å². The molecule has 5 heteroatoms. The quantitative estimate of drug-likeness (QED) is 0.886. The maximum atomic E-state index is 12.1. The Morgan fingerprint density at radius 2 is 2.17 bits per heavy atom. The number of rotatable bonds is 3. The molecule has 2 rings (SSSR count). The molecule has 4 nitrogen and oxygen atoms in total. The number of aryl methyl sites for hydroxylation is 1. The van der Waals surface area contributed by atoms with Crippen LogP contribution in [0.1, 0.15) is 21.6 Å². The van der Waals surface area contributed by atoms with Crippen molar-refractivity contribution in [1.29, 1.82) is 0 Å². The van der Waals surface area contributed by atoms with Crippen molar-refractivity contribution in [2.24, 2.45) is 7.05 Å². The average molecular weight is 308 g/mol. The average Bonchev–Trinajstić information content (AvgIpc) is 2.71. The summed E-state index contributed by atoms with van der Waals surface area (Å²) in [5, 5.41) is 7.68. The van der Waals surface area contributed by atoms with E-state index in [1.165, 1.54) is 0 Å². The molecule has 1 aromatic carbocycles. The van der Waals surface area contributed by atoms with Crippen molar-refractivity contribution in [2.75, 3.05) is 5.32 Å². The molecule has 0 radical (unpaired) electrons. The smallest absolute Gasteiger partial charge is 0.259 e. The predicted octanol–water partition coefficient (Wildman–Crippen LogP) is 2.88. The Labute approximate surface area is 114 Å². The van der Waals surface area contributed by atoms with Gasteiger partial charge in [-0.05, 0) is 18.6 Å². The highest BCUT2D eigenvalue weighted by atomic mass is 79.9. The van der Waals surface area contributed by atoms with Crippen LogP contribution in [0.15, 0.2) is 30.5 Å². The number of carbonyl (C=O) groups excluding carboxylic acids is 1. The van der Waals surface area contributed by atoms with Gasteiger partial charge in [0.05, 0.1) is 11.8 Å². The van der Waals surface area contributed by atoms with Crippen LogP contribution in [-0.2, 0) is 12.4 Å². The van der Waals surface area contributed by atoms with Crippen LogP contribution < -0.4 is 5.32 Å². The molecule has 1 aromatic heterocycles. The number of anilines is 1. The van der Waals surface area contributed by atoms with Gasteiger partial charge in [0.2, 0.25) is 0 Å². The van der Waals surface area contributed by atoms with Crippen LogP contribution >= 0.6 is 15.9 Å². The van der Waals surface area contributed by atoms with Crippen LogP contribution in [-0.4, -0.2) is 15.7 Å². The van der Waals surface area contributed by atoms with Crippen molar-refractivity contribution < 1.29 is 4.79 Å².